The highest BCUT2D eigenvalue weighted by Crippen LogP contribution is 2.09. The molecule has 0 fully saturated rings. The summed E-state index contributed by atoms with van der Waals surface area (Å²) in [5.41, 5.74) is 0. The van der Waals surface area contributed by atoms with Crippen LogP contribution in [-0.4, -0.2) is 50.7 Å². The molecule has 108 valence electrons. The SMILES string of the molecule is CCCC(CCC)OC(=O)CNCCCN(C)C. The van der Waals surface area contributed by atoms with Gasteiger partial charge in [-0.1, -0.05) is 26.7 Å². The van der Waals surface area contributed by atoms with Crippen LogP contribution in [-0.2, 0) is 9.53 Å². The molecule has 18 heavy (non-hydrogen) atoms. The lowest BCUT2D eigenvalue weighted by atomic mass is 10.1. The Labute approximate surface area is 112 Å². The van der Waals surface area contributed by atoms with Gasteiger partial charge in [-0.3, -0.25) is 4.79 Å². The highest BCUT2D eigenvalue weighted by molar-refractivity contribution is 5.71. The molecule has 0 radical (unpaired) electrons. The lowest BCUT2D eigenvalue weighted by Crippen LogP contribution is -2.30. The van der Waals surface area contributed by atoms with E-state index in [-0.39, 0.29) is 12.1 Å². The van der Waals surface area contributed by atoms with Gasteiger partial charge in [-0.2, -0.15) is 0 Å². The molecule has 0 rings (SSSR count). The van der Waals surface area contributed by atoms with E-state index < -0.39 is 0 Å². The molecule has 0 unspecified atom stereocenters. The van der Waals surface area contributed by atoms with E-state index in [1.807, 2.05) is 14.1 Å². The predicted molar refractivity (Wildman–Crippen MR) is 75.7 cm³/mol. The normalized spacial score (nSPS) is 11.2. The lowest BCUT2D eigenvalue weighted by molar-refractivity contribution is -0.148. The van der Waals surface area contributed by atoms with E-state index >= 15 is 0 Å². The number of hydrogen-bond donors (Lipinski definition) is 1. The van der Waals surface area contributed by atoms with Gasteiger partial charge in [0.2, 0.25) is 0 Å². The summed E-state index contributed by atoms with van der Waals surface area (Å²) in [6, 6.07) is 0. The first kappa shape index (κ1) is 17.4. The van der Waals surface area contributed by atoms with Gasteiger partial charge in [0.25, 0.3) is 0 Å². The Hall–Kier alpha value is -0.610. The van der Waals surface area contributed by atoms with Gasteiger partial charge in [-0.15, -0.1) is 0 Å². The fourth-order valence-corrected chi connectivity index (χ4v) is 1.84. The van der Waals surface area contributed by atoms with Crippen LogP contribution in [0.25, 0.3) is 0 Å². The minimum Gasteiger partial charge on any atom is -0.461 e. The maximum Gasteiger partial charge on any atom is 0.320 e. The number of esters is 1. The number of ether oxygens (including phenoxy) is 1. The molecular formula is C14H30N2O2. The highest BCUT2D eigenvalue weighted by atomic mass is 16.5. The molecule has 0 aromatic heterocycles. The summed E-state index contributed by atoms with van der Waals surface area (Å²) >= 11 is 0. The molecule has 4 nitrogen and oxygen atoms in total. The van der Waals surface area contributed by atoms with E-state index in [1.54, 1.807) is 0 Å². The molecule has 4 heteroatoms. The van der Waals surface area contributed by atoms with Gasteiger partial charge in [0.1, 0.15) is 6.10 Å². The standard InChI is InChI=1S/C14H30N2O2/c1-5-8-13(9-6-2)18-14(17)12-15-10-7-11-16(3)4/h13,15H,5-12H2,1-4H3. The molecule has 0 aliphatic heterocycles. The second kappa shape index (κ2) is 11.5. The summed E-state index contributed by atoms with van der Waals surface area (Å²) in [4.78, 5) is 13.7. The first-order chi connectivity index (χ1) is 8.60. The summed E-state index contributed by atoms with van der Waals surface area (Å²) in [6.07, 6.45) is 5.23. The Morgan fingerprint density at radius 3 is 2.33 bits per heavy atom. The minimum absolute atomic E-state index is 0.107. The van der Waals surface area contributed by atoms with Crippen LogP contribution in [0, 0.1) is 0 Å². The molecular weight excluding hydrogens is 228 g/mol. The minimum atomic E-state index is -0.119. The molecule has 0 saturated heterocycles. The van der Waals surface area contributed by atoms with Crippen molar-refractivity contribution in [3.05, 3.63) is 0 Å². The Morgan fingerprint density at radius 2 is 1.83 bits per heavy atom. The van der Waals surface area contributed by atoms with Gasteiger partial charge < -0.3 is 15.0 Å². The van der Waals surface area contributed by atoms with Gasteiger partial charge in [0, 0.05) is 0 Å². The summed E-state index contributed by atoms with van der Waals surface area (Å²) in [5.74, 6) is -0.119. The molecule has 0 heterocycles. The largest absolute Gasteiger partial charge is 0.461 e. The zero-order valence-corrected chi connectivity index (χ0v) is 12.5. The smallest absolute Gasteiger partial charge is 0.320 e. The van der Waals surface area contributed by atoms with Gasteiger partial charge in [0.05, 0.1) is 6.54 Å². The number of nitrogens with one attached hydrogen (secondary N) is 1. The second-order valence-corrected chi connectivity index (χ2v) is 5.02. The van der Waals surface area contributed by atoms with E-state index in [4.69, 9.17) is 4.74 Å². The fraction of sp³-hybridized carbons (Fsp3) is 0.929. The van der Waals surface area contributed by atoms with E-state index in [0.29, 0.717) is 6.54 Å². The molecule has 0 aliphatic rings. The Kier molecular flexibility index (Phi) is 11.1. The molecule has 0 aliphatic carbocycles. The average molecular weight is 258 g/mol. The van der Waals surface area contributed by atoms with Crippen molar-refractivity contribution in [2.75, 3.05) is 33.7 Å². The van der Waals surface area contributed by atoms with E-state index in [9.17, 15) is 4.79 Å². The number of rotatable bonds is 11. The van der Waals surface area contributed by atoms with Crippen LogP contribution in [0.2, 0.25) is 0 Å². The van der Waals surface area contributed by atoms with Crippen LogP contribution < -0.4 is 5.32 Å². The maximum absolute atomic E-state index is 11.6. The van der Waals surface area contributed by atoms with E-state index in [0.717, 1.165) is 45.2 Å². The van der Waals surface area contributed by atoms with E-state index in [1.165, 1.54) is 0 Å². The topological polar surface area (TPSA) is 41.6 Å². The van der Waals surface area contributed by atoms with Crippen LogP contribution in [0.5, 0.6) is 0 Å². The fourth-order valence-electron chi connectivity index (χ4n) is 1.84. The van der Waals surface area contributed by atoms with Gasteiger partial charge in [-0.25, -0.2) is 0 Å². The average Bonchev–Trinajstić information content (AvgIpc) is 2.28. The summed E-state index contributed by atoms with van der Waals surface area (Å²) < 4.78 is 5.45. The van der Waals surface area contributed by atoms with Crippen molar-refractivity contribution in [3.63, 3.8) is 0 Å². The van der Waals surface area contributed by atoms with Crippen LogP contribution in [0.15, 0.2) is 0 Å². The predicted octanol–water partition coefficient (Wildman–Crippen LogP) is 2.04. The monoisotopic (exact) mass is 258 g/mol. The first-order valence-corrected chi connectivity index (χ1v) is 7.15. The van der Waals surface area contributed by atoms with Crippen molar-refractivity contribution in [3.8, 4) is 0 Å². The second-order valence-electron chi connectivity index (χ2n) is 5.02. The number of carbonyl (C=O) groups excluding carboxylic acids is 1. The molecule has 0 amide bonds. The zero-order chi connectivity index (χ0) is 13.8. The van der Waals surface area contributed by atoms with Crippen molar-refractivity contribution in [1.82, 2.24) is 10.2 Å². The third kappa shape index (κ3) is 10.5. The number of hydrogen-bond acceptors (Lipinski definition) is 4. The molecule has 0 aromatic rings. The lowest BCUT2D eigenvalue weighted by Gasteiger charge is -2.16. The summed E-state index contributed by atoms with van der Waals surface area (Å²) in [6.45, 7) is 6.47. The number of carbonyl (C=O) groups is 1. The van der Waals surface area contributed by atoms with Crippen molar-refractivity contribution < 1.29 is 9.53 Å². The quantitative estimate of drug-likeness (QED) is 0.455. The van der Waals surface area contributed by atoms with Crippen molar-refractivity contribution >= 4 is 5.97 Å². The molecule has 0 saturated carbocycles. The third-order valence-electron chi connectivity index (χ3n) is 2.75. The van der Waals surface area contributed by atoms with Crippen molar-refractivity contribution in [2.45, 2.75) is 52.1 Å². The van der Waals surface area contributed by atoms with Crippen LogP contribution in [0.1, 0.15) is 46.0 Å². The Bertz CT molecular complexity index is 202. The van der Waals surface area contributed by atoms with Crippen LogP contribution in [0.4, 0.5) is 0 Å². The van der Waals surface area contributed by atoms with Crippen LogP contribution in [0.3, 0.4) is 0 Å². The van der Waals surface area contributed by atoms with Crippen molar-refractivity contribution in [2.24, 2.45) is 0 Å². The summed E-state index contributed by atoms with van der Waals surface area (Å²) in [5, 5.41) is 3.13. The van der Waals surface area contributed by atoms with Gasteiger partial charge in [0.15, 0.2) is 0 Å². The van der Waals surface area contributed by atoms with Crippen LogP contribution >= 0.6 is 0 Å². The Morgan fingerprint density at radius 1 is 1.22 bits per heavy atom. The maximum atomic E-state index is 11.6. The third-order valence-corrected chi connectivity index (χ3v) is 2.75. The Balaban J connectivity index is 3.61. The molecule has 1 N–H and O–H groups in total. The number of nitrogens with zero attached hydrogens (tertiary/aromatic N) is 1. The molecule has 0 bridgehead atoms. The zero-order valence-electron chi connectivity index (χ0n) is 12.5. The molecule has 0 atom stereocenters. The van der Waals surface area contributed by atoms with Gasteiger partial charge >= 0.3 is 5.97 Å². The molecule has 0 aromatic carbocycles. The van der Waals surface area contributed by atoms with Crippen molar-refractivity contribution in [1.29, 1.82) is 0 Å². The molecule has 0 spiro atoms. The highest BCUT2D eigenvalue weighted by Gasteiger charge is 2.12. The summed E-state index contributed by atoms with van der Waals surface area (Å²) in [7, 11) is 4.10. The van der Waals surface area contributed by atoms with E-state index in [2.05, 4.69) is 24.1 Å². The first-order valence-electron chi connectivity index (χ1n) is 7.15. The van der Waals surface area contributed by atoms with Gasteiger partial charge in [-0.05, 0) is 46.4 Å².